The molecule has 0 unspecified atom stereocenters. The lowest BCUT2D eigenvalue weighted by Crippen LogP contribution is -2.31. The fourth-order valence-electron chi connectivity index (χ4n) is 2.66. The van der Waals surface area contributed by atoms with Crippen LogP contribution in [0.15, 0.2) is 53.5 Å². The molecular weight excluding hydrogens is 406 g/mol. The van der Waals surface area contributed by atoms with Crippen LogP contribution in [0.3, 0.4) is 0 Å². The molecule has 3 rings (SSSR count). The predicted octanol–water partition coefficient (Wildman–Crippen LogP) is 2.86. The van der Waals surface area contributed by atoms with Crippen LogP contribution in [-0.2, 0) is 6.18 Å². The summed E-state index contributed by atoms with van der Waals surface area (Å²) in [6.45, 7) is 1.46. The van der Waals surface area contributed by atoms with Crippen LogP contribution < -0.4 is 16.6 Å². The van der Waals surface area contributed by atoms with E-state index in [0.717, 1.165) is 30.3 Å². The first-order valence-electron chi connectivity index (χ1n) is 8.56. The van der Waals surface area contributed by atoms with Crippen molar-refractivity contribution in [3.63, 3.8) is 0 Å². The fraction of sp³-hybridized carbons (Fsp3) is 0.158. The van der Waals surface area contributed by atoms with E-state index in [0.29, 0.717) is 4.68 Å². The van der Waals surface area contributed by atoms with Gasteiger partial charge in [-0.25, -0.2) is 9.37 Å². The van der Waals surface area contributed by atoms with Gasteiger partial charge in [-0.3, -0.25) is 9.59 Å². The highest BCUT2D eigenvalue weighted by Gasteiger charge is 2.31. The minimum absolute atomic E-state index is 0.113. The first-order valence-corrected chi connectivity index (χ1v) is 8.56. The second-order valence-corrected chi connectivity index (χ2v) is 6.36. The van der Waals surface area contributed by atoms with Crippen molar-refractivity contribution in [3.05, 3.63) is 81.7 Å². The fourth-order valence-corrected chi connectivity index (χ4v) is 2.66. The quantitative estimate of drug-likeness (QED) is 0.498. The first-order chi connectivity index (χ1) is 14.1. The van der Waals surface area contributed by atoms with E-state index in [1.54, 1.807) is 0 Å². The zero-order chi connectivity index (χ0) is 22.1. The molecule has 1 aromatic carbocycles. The number of carbonyl (C=O) groups is 1. The van der Waals surface area contributed by atoms with E-state index in [-0.39, 0.29) is 16.9 Å². The standard InChI is InChI=1S/C19H15F4N5O2/c1-10(11-7-12(19(21,22)23)9-13(24)8-11)26-18(30)15-4-5-16(29)28(27-15)17-14(20)3-2-6-25-17/h2-10H,24H2,1H3,(H,26,30)/t10-/m1/s1. The van der Waals surface area contributed by atoms with Gasteiger partial charge in [-0.15, -0.1) is 0 Å². The topological polar surface area (TPSA) is 103 Å². The Morgan fingerprint density at radius 1 is 1.20 bits per heavy atom. The van der Waals surface area contributed by atoms with Crippen molar-refractivity contribution < 1.29 is 22.4 Å². The maximum Gasteiger partial charge on any atom is 0.416 e. The zero-order valence-electron chi connectivity index (χ0n) is 15.4. The average molecular weight is 421 g/mol. The molecule has 2 aromatic heterocycles. The summed E-state index contributed by atoms with van der Waals surface area (Å²) in [5.74, 6) is -2.00. The molecule has 2 heterocycles. The number of nitrogens with two attached hydrogens (primary N) is 1. The third-order valence-corrected chi connectivity index (χ3v) is 4.13. The number of benzene rings is 1. The highest BCUT2D eigenvalue weighted by Crippen LogP contribution is 2.32. The van der Waals surface area contributed by atoms with Gasteiger partial charge >= 0.3 is 6.18 Å². The van der Waals surface area contributed by atoms with E-state index >= 15 is 0 Å². The second kappa shape index (κ2) is 7.93. The van der Waals surface area contributed by atoms with Gasteiger partial charge in [0.25, 0.3) is 11.5 Å². The van der Waals surface area contributed by atoms with Crippen LogP contribution in [0.4, 0.5) is 23.2 Å². The number of nitrogen functional groups attached to an aromatic ring is 1. The molecular formula is C19H15F4N5O2. The Morgan fingerprint density at radius 2 is 1.93 bits per heavy atom. The molecule has 0 aliphatic carbocycles. The summed E-state index contributed by atoms with van der Waals surface area (Å²) >= 11 is 0. The SMILES string of the molecule is C[C@@H](NC(=O)c1ccc(=O)n(-c2ncccc2F)n1)c1cc(N)cc(C(F)(F)F)c1. The first kappa shape index (κ1) is 21.0. The smallest absolute Gasteiger partial charge is 0.399 e. The summed E-state index contributed by atoms with van der Waals surface area (Å²) in [6.07, 6.45) is -3.35. The lowest BCUT2D eigenvalue weighted by Gasteiger charge is -2.17. The molecule has 3 aromatic rings. The van der Waals surface area contributed by atoms with Gasteiger partial charge in [0.2, 0.25) is 0 Å². The number of amides is 1. The van der Waals surface area contributed by atoms with Crippen LogP contribution in [0.2, 0.25) is 0 Å². The molecule has 1 atom stereocenters. The Hall–Kier alpha value is -3.76. The molecule has 0 radical (unpaired) electrons. The molecule has 3 N–H and O–H groups in total. The molecule has 0 bridgehead atoms. The van der Waals surface area contributed by atoms with Crippen molar-refractivity contribution in [3.8, 4) is 5.82 Å². The number of aromatic nitrogens is 3. The van der Waals surface area contributed by atoms with Crippen molar-refractivity contribution in [1.82, 2.24) is 20.1 Å². The summed E-state index contributed by atoms with van der Waals surface area (Å²) in [6, 6.07) is 6.61. The third kappa shape index (κ3) is 4.45. The van der Waals surface area contributed by atoms with Crippen LogP contribution in [0.5, 0.6) is 0 Å². The van der Waals surface area contributed by atoms with Gasteiger partial charge in [0, 0.05) is 18.0 Å². The number of rotatable bonds is 4. The number of nitrogens with one attached hydrogen (secondary N) is 1. The summed E-state index contributed by atoms with van der Waals surface area (Å²) in [4.78, 5) is 28.3. The Morgan fingerprint density at radius 3 is 2.60 bits per heavy atom. The molecule has 0 saturated carbocycles. The molecule has 0 aliphatic heterocycles. The van der Waals surface area contributed by atoms with Gasteiger partial charge in [0.15, 0.2) is 11.6 Å². The number of alkyl halides is 3. The number of carbonyl (C=O) groups excluding carboxylic acids is 1. The van der Waals surface area contributed by atoms with E-state index < -0.39 is 40.9 Å². The normalized spacial score (nSPS) is 12.4. The molecule has 11 heteroatoms. The molecule has 0 spiro atoms. The van der Waals surface area contributed by atoms with E-state index in [4.69, 9.17) is 5.73 Å². The number of anilines is 1. The molecule has 30 heavy (non-hydrogen) atoms. The molecule has 156 valence electrons. The van der Waals surface area contributed by atoms with Gasteiger partial charge in [-0.05, 0) is 48.9 Å². The lowest BCUT2D eigenvalue weighted by atomic mass is 10.0. The highest BCUT2D eigenvalue weighted by molar-refractivity contribution is 5.92. The van der Waals surface area contributed by atoms with Crippen LogP contribution >= 0.6 is 0 Å². The van der Waals surface area contributed by atoms with Gasteiger partial charge < -0.3 is 11.1 Å². The minimum atomic E-state index is -4.60. The van der Waals surface area contributed by atoms with Crippen molar-refractivity contribution in [2.24, 2.45) is 0 Å². The van der Waals surface area contributed by atoms with Gasteiger partial charge in [0.05, 0.1) is 11.6 Å². The van der Waals surface area contributed by atoms with E-state index in [9.17, 15) is 27.2 Å². The zero-order valence-corrected chi connectivity index (χ0v) is 15.4. The Balaban J connectivity index is 1.88. The van der Waals surface area contributed by atoms with Crippen molar-refractivity contribution >= 4 is 11.6 Å². The van der Waals surface area contributed by atoms with Crippen LogP contribution in [0.1, 0.15) is 34.6 Å². The van der Waals surface area contributed by atoms with Crippen LogP contribution in [0, 0.1) is 5.82 Å². The number of halogens is 4. The molecule has 1 amide bonds. The highest BCUT2D eigenvalue weighted by atomic mass is 19.4. The lowest BCUT2D eigenvalue weighted by molar-refractivity contribution is -0.137. The van der Waals surface area contributed by atoms with E-state index in [1.807, 2.05) is 0 Å². The van der Waals surface area contributed by atoms with Crippen LogP contribution in [0.25, 0.3) is 5.82 Å². The molecule has 0 fully saturated rings. The van der Waals surface area contributed by atoms with Gasteiger partial charge in [0.1, 0.15) is 5.69 Å². The maximum absolute atomic E-state index is 13.9. The van der Waals surface area contributed by atoms with Crippen LogP contribution in [-0.4, -0.2) is 20.7 Å². The Bertz CT molecular complexity index is 1160. The van der Waals surface area contributed by atoms with Gasteiger partial charge in [-0.2, -0.15) is 23.0 Å². The molecule has 0 aliphatic rings. The van der Waals surface area contributed by atoms with Crippen molar-refractivity contribution in [1.29, 1.82) is 0 Å². The van der Waals surface area contributed by atoms with Crippen molar-refractivity contribution in [2.45, 2.75) is 19.1 Å². The number of nitrogens with zero attached hydrogens (tertiary/aromatic N) is 3. The summed E-state index contributed by atoms with van der Waals surface area (Å²) < 4.78 is 53.5. The second-order valence-electron chi connectivity index (χ2n) is 6.36. The van der Waals surface area contributed by atoms with Gasteiger partial charge in [-0.1, -0.05) is 0 Å². The number of hydrogen-bond donors (Lipinski definition) is 2. The van der Waals surface area contributed by atoms with E-state index in [1.165, 1.54) is 25.3 Å². The summed E-state index contributed by atoms with van der Waals surface area (Å²) in [7, 11) is 0. The monoisotopic (exact) mass is 421 g/mol. The predicted molar refractivity (Wildman–Crippen MR) is 99.3 cm³/mol. The Labute approximate surface area is 167 Å². The molecule has 7 nitrogen and oxygen atoms in total. The summed E-state index contributed by atoms with van der Waals surface area (Å²) in [5, 5.41) is 6.29. The largest absolute Gasteiger partial charge is 0.416 e. The average Bonchev–Trinajstić information content (AvgIpc) is 2.67. The Kier molecular flexibility index (Phi) is 5.54. The minimum Gasteiger partial charge on any atom is -0.399 e. The maximum atomic E-state index is 13.9. The number of pyridine rings is 1. The van der Waals surface area contributed by atoms with E-state index in [2.05, 4.69) is 15.4 Å². The summed E-state index contributed by atoms with van der Waals surface area (Å²) in [5.41, 5.74) is 3.63. The number of hydrogen-bond acceptors (Lipinski definition) is 5. The third-order valence-electron chi connectivity index (χ3n) is 4.13. The molecule has 0 saturated heterocycles. The van der Waals surface area contributed by atoms with Crippen molar-refractivity contribution in [2.75, 3.05) is 5.73 Å².